The number of carbonyl (C=O) groups is 1. The molecule has 0 spiro atoms. The van der Waals surface area contributed by atoms with Gasteiger partial charge in [0.1, 0.15) is 11.5 Å². The SMILES string of the molecule is C=C1/C=C/CC2C[C@@H](CC(=O)CNC)CC2/C(N)=C/CCC[C@H](C)C1.C=C1CC(C)C=C/C1=C(C)/C=C\C.CC.CC.CCCNc1ccnc2cc(CC)ccc12.Cc1c(Cl)cc(C(C)(C)C)c(O)c1-c1c(C)c(Cl)cc(C(C)(C)C)c1CN.O. The number of anilines is 1. The molecule has 0 radical (unpaired) electrons. The molecule has 0 saturated heterocycles. The molecule has 3 aromatic carbocycles. The van der Waals surface area contributed by atoms with Crippen molar-refractivity contribution < 1.29 is 15.4 Å². The molecule has 478 valence electrons. The average Bonchev–Trinajstić information content (AvgIpc) is 0.937. The van der Waals surface area contributed by atoms with Gasteiger partial charge in [0.25, 0.3) is 0 Å². The second-order valence-electron chi connectivity index (χ2n) is 25.3. The molecule has 0 bridgehead atoms. The number of rotatable bonds is 11. The number of aryl methyl sites for hydroxylation is 1. The van der Waals surface area contributed by atoms with E-state index in [0.29, 0.717) is 64.9 Å². The summed E-state index contributed by atoms with van der Waals surface area (Å²) in [4.78, 5) is 16.4. The maximum Gasteiger partial charge on any atom is 0.146 e. The van der Waals surface area contributed by atoms with Crippen molar-refractivity contribution >= 4 is 45.6 Å². The van der Waals surface area contributed by atoms with E-state index in [1.807, 2.05) is 79.9 Å². The Morgan fingerprint density at radius 3 is 2.09 bits per heavy atom. The molecule has 9 N–H and O–H groups in total. The van der Waals surface area contributed by atoms with Gasteiger partial charge in [0, 0.05) is 69.6 Å². The number of hydrogen-bond acceptors (Lipinski definition) is 7. The highest BCUT2D eigenvalue weighted by atomic mass is 35.5. The summed E-state index contributed by atoms with van der Waals surface area (Å²) in [5.74, 6) is 3.39. The molecule has 3 aliphatic rings. The molecule has 0 amide bonds. The largest absolute Gasteiger partial charge is 0.507 e. The number of nitrogens with zero attached hydrogens (tertiary/aromatic N) is 1. The molecular weight excluding hydrogens is 1100 g/mol. The molecule has 1 fully saturated rings. The fourth-order valence-electron chi connectivity index (χ4n) is 11.7. The van der Waals surface area contributed by atoms with E-state index >= 15 is 0 Å². The topological polar surface area (TPSA) is 158 Å². The minimum absolute atomic E-state index is 0. The van der Waals surface area contributed by atoms with Crippen LogP contribution in [0.3, 0.4) is 0 Å². The Hall–Kier alpha value is -5.22. The third-order valence-electron chi connectivity index (χ3n) is 16.2. The fourth-order valence-corrected chi connectivity index (χ4v) is 12.1. The van der Waals surface area contributed by atoms with Crippen molar-refractivity contribution in [2.45, 2.75) is 213 Å². The summed E-state index contributed by atoms with van der Waals surface area (Å²) >= 11 is 13.2. The number of ketones is 1. The number of pyridine rings is 1. The number of nitrogens with one attached hydrogen (secondary N) is 2. The molecular formula is C76H117Cl2N5O3. The number of phenolic OH excluding ortho intramolecular Hbond substituents is 1. The number of halogens is 2. The maximum absolute atomic E-state index is 12.0. The summed E-state index contributed by atoms with van der Waals surface area (Å²) in [6.45, 7) is 47.7. The number of phenols is 1. The van der Waals surface area contributed by atoms with Crippen molar-refractivity contribution in [3.8, 4) is 16.9 Å². The Balaban J connectivity index is 0.000000579. The van der Waals surface area contributed by atoms with Crippen LogP contribution < -0.4 is 22.1 Å². The molecule has 1 aromatic heterocycles. The van der Waals surface area contributed by atoms with Crippen LogP contribution in [-0.4, -0.2) is 41.5 Å². The molecule has 1 saturated carbocycles. The lowest BCUT2D eigenvalue weighted by atomic mass is 9.77. The van der Waals surface area contributed by atoms with Gasteiger partial charge in [0.2, 0.25) is 0 Å². The smallest absolute Gasteiger partial charge is 0.146 e. The highest BCUT2D eigenvalue weighted by molar-refractivity contribution is 6.33. The lowest BCUT2D eigenvalue weighted by Gasteiger charge is -2.29. The first-order valence-electron chi connectivity index (χ1n) is 32.0. The summed E-state index contributed by atoms with van der Waals surface area (Å²) < 4.78 is 0. The van der Waals surface area contributed by atoms with Gasteiger partial charge in [-0.05, 0) is 201 Å². The van der Waals surface area contributed by atoms with Gasteiger partial charge in [-0.1, -0.05) is 200 Å². The number of Topliss-reactive ketones (excluding diaryl/α,β-unsaturated/α-hetero) is 1. The van der Waals surface area contributed by atoms with Crippen LogP contribution in [0, 0.1) is 43.4 Å². The molecule has 86 heavy (non-hydrogen) atoms. The van der Waals surface area contributed by atoms with E-state index in [9.17, 15) is 9.90 Å². The number of fused-ring (bicyclic) bond motifs is 2. The van der Waals surface area contributed by atoms with Crippen molar-refractivity contribution in [3.05, 3.63) is 170 Å². The highest BCUT2D eigenvalue weighted by Gasteiger charge is 2.36. The molecule has 1 heterocycles. The number of aromatic nitrogens is 1. The molecule has 7 rings (SSSR count). The predicted molar refractivity (Wildman–Crippen MR) is 380 cm³/mol. The van der Waals surface area contributed by atoms with Gasteiger partial charge in [-0.25, -0.2) is 0 Å². The quantitative estimate of drug-likeness (QED) is 0.100. The molecule has 5 atom stereocenters. The Labute approximate surface area is 534 Å². The van der Waals surface area contributed by atoms with Gasteiger partial charge in [0.15, 0.2) is 0 Å². The number of likely N-dealkylation sites (N-methyl/N-ethyl adjacent to an activating group) is 1. The van der Waals surface area contributed by atoms with E-state index in [0.717, 1.165) is 108 Å². The van der Waals surface area contributed by atoms with Crippen LogP contribution in [0.5, 0.6) is 5.75 Å². The molecule has 3 aliphatic carbocycles. The van der Waals surface area contributed by atoms with E-state index in [1.165, 1.54) is 51.8 Å². The molecule has 3 unspecified atom stereocenters. The summed E-state index contributed by atoms with van der Waals surface area (Å²) in [5.41, 5.74) is 28.4. The Bertz CT molecular complexity index is 2950. The van der Waals surface area contributed by atoms with Crippen LogP contribution in [0.4, 0.5) is 5.69 Å². The van der Waals surface area contributed by atoms with Crippen LogP contribution in [0.25, 0.3) is 22.0 Å². The van der Waals surface area contributed by atoms with Crippen molar-refractivity contribution in [2.75, 3.05) is 25.5 Å². The monoisotopic (exact) mass is 1220 g/mol. The Morgan fingerprint density at radius 1 is 0.895 bits per heavy atom. The van der Waals surface area contributed by atoms with Crippen LogP contribution in [0.2, 0.25) is 10.0 Å². The fraction of sp³-hybridized carbons (Fsp3) is 0.526. The van der Waals surface area contributed by atoms with E-state index < -0.39 is 0 Å². The van der Waals surface area contributed by atoms with E-state index in [-0.39, 0.29) is 22.1 Å². The Kier molecular flexibility index (Phi) is 35.7. The van der Waals surface area contributed by atoms with E-state index in [4.69, 9.17) is 34.7 Å². The van der Waals surface area contributed by atoms with Crippen molar-refractivity contribution in [1.82, 2.24) is 10.3 Å². The van der Waals surface area contributed by atoms with Gasteiger partial charge in [-0.2, -0.15) is 0 Å². The number of allylic oxidation sites excluding steroid dienone is 12. The number of carbonyl (C=O) groups excluding carboxylic acids is 1. The van der Waals surface area contributed by atoms with Crippen LogP contribution >= 0.6 is 23.2 Å². The molecule has 4 aromatic rings. The number of aromatic hydroxyl groups is 1. The zero-order valence-corrected chi connectivity index (χ0v) is 58.5. The lowest BCUT2D eigenvalue weighted by Crippen LogP contribution is -2.20. The van der Waals surface area contributed by atoms with E-state index in [1.54, 1.807) is 0 Å². The number of nitrogens with two attached hydrogens (primary N) is 2. The summed E-state index contributed by atoms with van der Waals surface area (Å²) in [6, 6.07) is 12.4. The third-order valence-corrected chi connectivity index (χ3v) is 16.9. The standard InChI is InChI=1S/C23H31Cl2NO.C22H36N2O.C14H18N2.C13H18.2C2H6.H2O/c1-12-17(24)9-15(22(3,4)5)14(11-26)19(12)20-13(2)18(25)10-16(21(20)27)23(6,7)8;1-16-7-4-5-10-22(23)21-14-18(13-20(25)15-24-3)12-19(21)9-6-8-17(2)11-16;1-3-8-15-13-7-9-16-14-10-11(4-2)5-6-12(13)14;1-5-6-11(3)13-8-7-10(2)9-12(13)4;2*1-2;/h9-10,27H,11,26H2,1-8H3;6,8,10,16,18-19,21,24H,2,4-5,7,9,11-15,23H2,1,3H3;5-7,9-10H,3-4,8H2,1-2H3,(H,15,16);5-8,10H,4,9H2,1-3H3;2*1-2H3;1H2/b;8-6+,22-10-;;6-5-,13-11-;;;/t;16-,18-,19?,21?;;;;;/m.0...../s1. The third kappa shape index (κ3) is 23.7. The first-order chi connectivity index (χ1) is 40.2. The first kappa shape index (κ1) is 78.8. The molecule has 10 heteroatoms. The summed E-state index contributed by atoms with van der Waals surface area (Å²) in [7, 11) is 1.83. The van der Waals surface area contributed by atoms with Crippen LogP contribution in [0.15, 0.2) is 126 Å². The van der Waals surface area contributed by atoms with Crippen molar-refractivity contribution in [2.24, 2.45) is 41.1 Å². The average molecular weight is 1220 g/mol. The van der Waals surface area contributed by atoms with Gasteiger partial charge in [-0.15, -0.1) is 0 Å². The van der Waals surface area contributed by atoms with E-state index in [2.05, 4.69) is 166 Å². The van der Waals surface area contributed by atoms with Gasteiger partial charge >= 0.3 is 0 Å². The van der Waals surface area contributed by atoms with Gasteiger partial charge in [0.05, 0.1) is 12.1 Å². The zero-order valence-electron chi connectivity index (χ0n) is 57.0. The summed E-state index contributed by atoms with van der Waals surface area (Å²) in [6.07, 6.45) is 29.1. The van der Waals surface area contributed by atoms with Crippen LogP contribution in [-0.2, 0) is 28.6 Å². The minimum atomic E-state index is -0.252. The van der Waals surface area contributed by atoms with Gasteiger partial charge in [-0.3, -0.25) is 9.78 Å². The van der Waals surface area contributed by atoms with Crippen molar-refractivity contribution in [3.63, 3.8) is 0 Å². The van der Waals surface area contributed by atoms with Crippen molar-refractivity contribution in [1.29, 1.82) is 0 Å². The zero-order chi connectivity index (χ0) is 64.4. The Morgan fingerprint density at radius 2 is 1.52 bits per heavy atom. The van der Waals surface area contributed by atoms with Crippen LogP contribution in [0.1, 0.15) is 208 Å². The first-order valence-corrected chi connectivity index (χ1v) is 32.8. The number of hydrogen-bond donors (Lipinski definition) is 5. The van der Waals surface area contributed by atoms with Gasteiger partial charge < -0.3 is 32.7 Å². The second-order valence-corrected chi connectivity index (χ2v) is 26.1. The maximum atomic E-state index is 12.0. The highest BCUT2D eigenvalue weighted by Crippen LogP contribution is 2.49. The predicted octanol–water partition coefficient (Wildman–Crippen LogP) is 20.3. The number of benzene rings is 3. The lowest BCUT2D eigenvalue weighted by molar-refractivity contribution is -0.119. The minimum Gasteiger partial charge on any atom is -0.507 e. The molecule has 0 aliphatic heterocycles. The summed E-state index contributed by atoms with van der Waals surface area (Å²) in [5, 5.41) is 20.2. The molecule has 8 nitrogen and oxygen atoms in total. The second kappa shape index (κ2) is 38.9. The normalized spacial score (nSPS) is 20.3.